The summed E-state index contributed by atoms with van der Waals surface area (Å²) in [5.74, 6) is -1.11. The van der Waals surface area contributed by atoms with Gasteiger partial charge in [-0.05, 0) is 26.3 Å². The first-order valence-electron chi connectivity index (χ1n) is 5.33. The van der Waals surface area contributed by atoms with Crippen LogP contribution in [0.2, 0.25) is 0 Å². The number of allylic oxidation sites excluding steroid dienone is 1. The van der Waals surface area contributed by atoms with Crippen LogP contribution in [0.5, 0.6) is 0 Å². The van der Waals surface area contributed by atoms with E-state index in [0.717, 1.165) is 11.3 Å². The molecule has 0 aliphatic heterocycles. The molecule has 0 amide bonds. The Balaban J connectivity index is 2.88. The summed E-state index contributed by atoms with van der Waals surface area (Å²) in [6.45, 7) is 3.75. The van der Waals surface area contributed by atoms with E-state index in [1.165, 1.54) is 6.07 Å². The van der Waals surface area contributed by atoms with Gasteiger partial charge in [-0.2, -0.15) is 0 Å². The van der Waals surface area contributed by atoms with Gasteiger partial charge in [0.1, 0.15) is 4.88 Å². The Bertz CT molecular complexity index is 558. The van der Waals surface area contributed by atoms with E-state index in [2.05, 4.69) is 4.72 Å². The molecule has 0 atom stereocenters. The van der Waals surface area contributed by atoms with Gasteiger partial charge in [-0.1, -0.05) is 12.2 Å². The molecule has 0 unspecified atom stereocenters. The molecule has 0 aliphatic rings. The Kier molecular flexibility index (Phi) is 5.06. The van der Waals surface area contributed by atoms with Gasteiger partial charge in [-0.25, -0.2) is 17.9 Å². The normalized spacial score (nSPS) is 12.1. The van der Waals surface area contributed by atoms with Crippen molar-refractivity contribution in [1.82, 2.24) is 4.72 Å². The molecule has 0 aliphatic carbocycles. The number of aryl methyl sites for hydroxylation is 1. The Hall–Kier alpha value is -1.18. The fraction of sp³-hybridized carbons (Fsp3) is 0.364. The fourth-order valence-corrected chi connectivity index (χ4v) is 3.83. The molecule has 1 aromatic rings. The van der Waals surface area contributed by atoms with Crippen LogP contribution in [0.4, 0.5) is 0 Å². The first-order valence-corrected chi connectivity index (χ1v) is 7.63. The number of thiophene rings is 1. The van der Waals surface area contributed by atoms with E-state index >= 15 is 0 Å². The number of carboxylic acid groups (broad SMARTS) is 1. The molecule has 100 valence electrons. The molecule has 0 aromatic carbocycles. The van der Waals surface area contributed by atoms with Crippen molar-refractivity contribution in [3.05, 3.63) is 28.0 Å². The predicted octanol–water partition coefficient (Wildman–Crippen LogP) is 2.00. The van der Waals surface area contributed by atoms with Crippen LogP contribution in [0.1, 0.15) is 27.9 Å². The Labute approximate surface area is 110 Å². The number of carbonyl (C=O) groups is 1. The van der Waals surface area contributed by atoms with E-state index in [9.17, 15) is 13.2 Å². The van der Waals surface area contributed by atoms with Crippen molar-refractivity contribution in [3.63, 3.8) is 0 Å². The van der Waals surface area contributed by atoms with Crippen LogP contribution >= 0.6 is 11.3 Å². The van der Waals surface area contributed by atoms with E-state index in [1.54, 1.807) is 6.92 Å². The molecular formula is C11H15NO4S2. The van der Waals surface area contributed by atoms with Crippen LogP contribution < -0.4 is 4.72 Å². The zero-order valence-electron chi connectivity index (χ0n) is 10.1. The first kappa shape index (κ1) is 14.9. The largest absolute Gasteiger partial charge is 0.477 e. The zero-order chi connectivity index (χ0) is 13.8. The lowest BCUT2D eigenvalue weighted by Crippen LogP contribution is -2.24. The molecule has 0 spiro atoms. The molecule has 0 bridgehead atoms. The Morgan fingerprint density at radius 1 is 1.56 bits per heavy atom. The predicted molar refractivity (Wildman–Crippen MR) is 70.6 cm³/mol. The molecule has 2 N–H and O–H groups in total. The summed E-state index contributed by atoms with van der Waals surface area (Å²) in [5, 5.41) is 8.82. The van der Waals surface area contributed by atoms with Crippen LogP contribution in [0.3, 0.4) is 0 Å². The van der Waals surface area contributed by atoms with Gasteiger partial charge in [0.05, 0.1) is 4.90 Å². The van der Waals surface area contributed by atoms with Crippen molar-refractivity contribution >= 4 is 27.3 Å². The summed E-state index contributed by atoms with van der Waals surface area (Å²) in [4.78, 5) is 11.3. The summed E-state index contributed by atoms with van der Waals surface area (Å²) in [6.07, 6.45) is 4.29. The molecular weight excluding hydrogens is 274 g/mol. The number of carboxylic acids is 1. The standard InChI is InChI=1S/C11H15NO4S2/c1-3-4-5-6-12-18(15,16)10-7-9(11(13)14)17-8(10)2/h3-4,7,12H,5-6H2,1-2H3,(H,13,14)/b4-3+. The second-order valence-corrected chi connectivity index (χ2v) is 6.58. The van der Waals surface area contributed by atoms with Gasteiger partial charge in [0.15, 0.2) is 0 Å². The van der Waals surface area contributed by atoms with E-state index in [-0.39, 0.29) is 9.77 Å². The highest BCUT2D eigenvalue weighted by Gasteiger charge is 2.21. The molecule has 7 heteroatoms. The molecule has 1 rings (SSSR count). The van der Waals surface area contributed by atoms with Crippen LogP contribution in [0.25, 0.3) is 0 Å². The summed E-state index contributed by atoms with van der Waals surface area (Å²) in [6, 6.07) is 1.19. The summed E-state index contributed by atoms with van der Waals surface area (Å²) in [7, 11) is -3.62. The summed E-state index contributed by atoms with van der Waals surface area (Å²) in [5.41, 5.74) is 0. The van der Waals surface area contributed by atoms with Gasteiger partial charge in [0.2, 0.25) is 10.0 Å². The molecule has 1 aromatic heterocycles. The number of hydrogen-bond acceptors (Lipinski definition) is 4. The van der Waals surface area contributed by atoms with Crippen molar-refractivity contribution in [2.24, 2.45) is 0 Å². The highest BCUT2D eigenvalue weighted by atomic mass is 32.2. The Morgan fingerprint density at radius 3 is 2.72 bits per heavy atom. The van der Waals surface area contributed by atoms with Crippen LogP contribution in [0.15, 0.2) is 23.1 Å². The maximum atomic E-state index is 11.9. The number of hydrogen-bond donors (Lipinski definition) is 2. The minimum atomic E-state index is -3.62. The quantitative estimate of drug-likeness (QED) is 0.620. The Morgan fingerprint density at radius 2 is 2.22 bits per heavy atom. The number of aromatic carboxylic acids is 1. The lowest BCUT2D eigenvalue weighted by molar-refractivity contribution is 0.0702. The van der Waals surface area contributed by atoms with Crippen molar-refractivity contribution in [3.8, 4) is 0 Å². The summed E-state index contributed by atoms with van der Waals surface area (Å²) >= 11 is 0.960. The third kappa shape index (κ3) is 3.66. The number of sulfonamides is 1. The lowest BCUT2D eigenvalue weighted by atomic mass is 10.4. The fourth-order valence-electron chi connectivity index (χ4n) is 1.36. The van der Waals surface area contributed by atoms with Crippen LogP contribution in [-0.2, 0) is 10.0 Å². The molecule has 5 nitrogen and oxygen atoms in total. The van der Waals surface area contributed by atoms with E-state index in [1.807, 2.05) is 19.1 Å². The van der Waals surface area contributed by atoms with Crippen molar-refractivity contribution in [1.29, 1.82) is 0 Å². The van der Waals surface area contributed by atoms with Gasteiger partial charge in [0.25, 0.3) is 0 Å². The highest BCUT2D eigenvalue weighted by Crippen LogP contribution is 2.25. The van der Waals surface area contributed by atoms with E-state index in [0.29, 0.717) is 17.8 Å². The van der Waals surface area contributed by atoms with Crippen molar-refractivity contribution < 1.29 is 18.3 Å². The zero-order valence-corrected chi connectivity index (χ0v) is 11.8. The minimum absolute atomic E-state index is 0.0290. The lowest BCUT2D eigenvalue weighted by Gasteiger charge is -2.04. The smallest absolute Gasteiger partial charge is 0.345 e. The summed E-state index contributed by atoms with van der Waals surface area (Å²) < 4.78 is 26.3. The van der Waals surface area contributed by atoms with Crippen molar-refractivity contribution in [2.45, 2.75) is 25.2 Å². The average molecular weight is 289 g/mol. The minimum Gasteiger partial charge on any atom is -0.477 e. The average Bonchev–Trinajstić information content (AvgIpc) is 2.68. The maximum absolute atomic E-state index is 11.9. The SMILES string of the molecule is C/C=C/CCNS(=O)(=O)c1cc(C(=O)O)sc1C. The number of rotatable bonds is 6. The van der Waals surface area contributed by atoms with Gasteiger partial charge < -0.3 is 5.11 Å². The maximum Gasteiger partial charge on any atom is 0.345 e. The van der Waals surface area contributed by atoms with Gasteiger partial charge >= 0.3 is 5.97 Å². The van der Waals surface area contributed by atoms with E-state index in [4.69, 9.17) is 5.11 Å². The molecule has 1 heterocycles. The van der Waals surface area contributed by atoms with E-state index < -0.39 is 16.0 Å². The molecule has 18 heavy (non-hydrogen) atoms. The van der Waals surface area contributed by atoms with Gasteiger partial charge in [0, 0.05) is 11.4 Å². The second kappa shape index (κ2) is 6.12. The molecule has 0 saturated heterocycles. The monoisotopic (exact) mass is 289 g/mol. The van der Waals surface area contributed by atoms with Crippen molar-refractivity contribution in [2.75, 3.05) is 6.54 Å². The third-order valence-corrected chi connectivity index (χ3v) is 4.97. The van der Waals surface area contributed by atoms with Gasteiger partial charge in [-0.15, -0.1) is 11.3 Å². The first-order chi connectivity index (χ1) is 8.38. The second-order valence-electron chi connectivity index (χ2n) is 3.59. The highest BCUT2D eigenvalue weighted by molar-refractivity contribution is 7.89. The van der Waals surface area contributed by atoms with Crippen LogP contribution in [0, 0.1) is 6.92 Å². The van der Waals surface area contributed by atoms with Crippen LogP contribution in [-0.4, -0.2) is 26.0 Å². The molecule has 0 fully saturated rings. The molecule has 0 saturated carbocycles. The van der Waals surface area contributed by atoms with Gasteiger partial charge in [-0.3, -0.25) is 0 Å². The topological polar surface area (TPSA) is 83.5 Å². The molecule has 0 radical (unpaired) electrons. The number of nitrogens with one attached hydrogen (secondary N) is 1. The third-order valence-electron chi connectivity index (χ3n) is 2.21.